The summed E-state index contributed by atoms with van der Waals surface area (Å²) in [6.07, 6.45) is 0. The Labute approximate surface area is 201 Å². The van der Waals surface area contributed by atoms with Gasteiger partial charge in [0.2, 0.25) is 0 Å². The third kappa shape index (κ3) is 4.65. The molecule has 0 atom stereocenters. The van der Waals surface area contributed by atoms with E-state index in [1.165, 1.54) is 16.7 Å². The summed E-state index contributed by atoms with van der Waals surface area (Å²) in [7, 11) is 0. The van der Waals surface area contributed by atoms with E-state index < -0.39 is 0 Å². The largest absolute Gasteiger partial charge is 0.212 e. The van der Waals surface area contributed by atoms with Crippen molar-refractivity contribution < 1.29 is 0 Å². The van der Waals surface area contributed by atoms with E-state index in [0.29, 0.717) is 11.6 Å². The summed E-state index contributed by atoms with van der Waals surface area (Å²) < 4.78 is 0. The van der Waals surface area contributed by atoms with Gasteiger partial charge in [0.1, 0.15) is 5.82 Å². The Kier molecular flexibility index (Phi) is 5.77. The smallest absolute Gasteiger partial charge is 0.163 e. The zero-order chi connectivity index (χ0) is 23.5. The van der Waals surface area contributed by atoms with Gasteiger partial charge in [-0.2, -0.15) is 0 Å². The van der Waals surface area contributed by atoms with Crippen LogP contribution >= 0.6 is 0 Å². The Morgan fingerprint density at radius 1 is 0.412 bits per heavy atom. The first-order valence-electron chi connectivity index (χ1n) is 11.6. The Hall–Kier alpha value is -4.11. The van der Waals surface area contributed by atoms with E-state index in [1.54, 1.807) is 0 Å². The molecule has 0 N–H and O–H groups in total. The first-order valence-corrected chi connectivity index (χ1v) is 11.6. The third-order valence-corrected chi connectivity index (χ3v) is 5.78. The van der Waals surface area contributed by atoms with Gasteiger partial charge in [0, 0.05) is 16.5 Å². The molecular formula is C31H27N3. The molecule has 0 aliphatic rings. The van der Waals surface area contributed by atoms with Gasteiger partial charge in [-0.1, -0.05) is 124 Å². The predicted octanol–water partition coefficient (Wildman–Crippen LogP) is 7.84. The van der Waals surface area contributed by atoms with Crippen LogP contribution in [0, 0.1) is 0 Å². The van der Waals surface area contributed by atoms with Crippen LogP contribution in [0.25, 0.3) is 45.0 Å². The molecule has 0 unspecified atom stereocenters. The van der Waals surface area contributed by atoms with Crippen molar-refractivity contribution in [2.45, 2.75) is 26.2 Å². The molecule has 34 heavy (non-hydrogen) atoms. The van der Waals surface area contributed by atoms with Gasteiger partial charge in [0.05, 0.1) is 0 Å². The van der Waals surface area contributed by atoms with Crippen LogP contribution < -0.4 is 0 Å². The van der Waals surface area contributed by atoms with Crippen molar-refractivity contribution in [1.82, 2.24) is 15.0 Å². The van der Waals surface area contributed by atoms with E-state index in [1.807, 2.05) is 36.4 Å². The van der Waals surface area contributed by atoms with E-state index >= 15 is 0 Å². The van der Waals surface area contributed by atoms with E-state index in [9.17, 15) is 0 Å². The summed E-state index contributed by atoms with van der Waals surface area (Å²) in [6, 6.07) is 37.7. The number of rotatable bonds is 4. The molecule has 0 saturated carbocycles. The molecule has 5 aromatic rings. The second-order valence-electron chi connectivity index (χ2n) is 9.45. The van der Waals surface area contributed by atoms with Gasteiger partial charge in [-0.25, -0.2) is 15.0 Å². The molecule has 1 heterocycles. The quantitative estimate of drug-likeness (QED) is 0.285. The minimum Gasteiger partial charge on any atom is -0.212 e. The molecule has 0 fully saturated rings. The van der Waals surface area contributed by atoms with Crippen LogP contribution in [0.4, 0.5) is 0 Å². The molecule has 166 valence electrons. The Bertz CT molecular complexity index is 1400. The van der Waals surface area contributed by atoms with E-state index in [0.717, 1.165) is 22.5 Å². The predicted molar refractivity (Wildman–Crippen MR) is 140 cm³/mol. The van der Waals surface area contributed by atoms with Gasteiger partial charge in [0.25, 0.3) is 0 Å². The summed E-state index contributed by atoms with van der Waals surface area (Å²) in [5.74, 6) is 2.19. The van der Waals surface area contributed by atoms with Crippen molar-refractivity contribution in [2.24, 2.45) is 0 Å². The maximum absolute atomic E-state index is 4.83. The van der Waals surface area contributed by atoms with Crippen LogP contribution in [-0.4, -0.2) is 15.0 Å². The lowest BCUT2D eigenvalue weighted by Gasteiger charge is -2.18. The van der Waals surface area contributed by atoms with Crippen LogP contribution in [0.2, 0.25) is 0 Å². The average Bonchev–Trinajstić information content (AvgIpc) is 2.89. The summed E-state index contributed by atoms with van der Waals surface area (Å²) in [4.78, 5) is 14.4. The van der Waals surface area contributed by atoms with Gasteiger partial charge >= 0.3 is 0 Å². The van der Waals surface area contributed by atoms with Crippen molar-refractivity contribution in [3.63, 3.8) is 0 Å². The van der Waals surface area contributed by atoms with Crippen molar-refractivity contribution >= 4 is 0 Å². The maximum Gasteiger partial charge on any atom is 0.163 e. The molecule has 4 aromatic carbocycles. The fourth-order valence-corrected chi connectivity index (χ4v) is 3.88. The number of benzene rings is 4. The SMILES string of the molecule is CC(C)(C)c1nc(-c2ccccc2)nc(-c2ccc(-c3cccc(-c4ccccc4)c3)cc2)n1. The fourth-order valence-electron chi connectivity index (χ4n) is 3.88. The van der Waals surface area contributed by atoms with Crippen LogP contribution in [0.5, 0.6) is 0 Å². The van der Waals surface area contributed by atoms with E-state index in [4.69, 9.17) is 15.0 Å². The summed E-state index contributed by atoms with van der Waals surface area (Å²) in [5, 5.41) is 0. The number of hydrogen-bond acceptors (Lipinski definition) is 3. The summed E-state index contributed by atoms with van der Waals surface area (Å²) in [5.41, 5.74) is 6.56. The number of hydrogen-bond donors (Lipinski definition) is 0. The van der Waals surface area contributed by atoms with Crippen LogP contribution in [0.15, 0.2) is 109 Å². The molecule has 0 spiro atoms. The molecule has 3 nitrogen and oxygen atoms in total. The zero-order valence-electron chi connectivity index (χ0n) is 19.7. The monoisotopic (exact) mass is 441 g/mol. The van der Waals surface area contributed by atoms with Crippen LogP contribution in [0.1, 0.15) is 26.6 Å². The van der Waals surface area contributed by atoms with Gasteiger partial charge in [-0.3, -0.25) is 0 Å². The molecule has 0 amide bonds. The van der Waals surface area contributed by atoms with E-state index in [2.05, 4.69) is 93.6 Å². The molecular weight excluding hydrogens is 414 g/mol. The summed E-state index contributed by atoms with van der Waals surface area (Å²) in [6.45, 7) is 6.39. The first kappa shape index (κ1) is 21.7. The van der Waals surface area contributed by atoms with Gasteiger partial charge < -0.3 is 0 Å². The topological polar surface area (TPSA) is 38.7 Å². The maximum atomic E-state index is 4.83. The molecule has 0 aliphatic heterocycles. The van der Waals surface area contributed by atoms with E-state index in [-0.39, 0.29) is 5.41 Å². The molecule has 1 aromatic heterocycles. The van der Waals surface area contributed by atoms with Gasteiger partial charge in [0.15, 0.2) is 11.6 Å². The lowest BCUT2D eigenvalue weighted by atomic mass is 9.95. The molecule has 0 bridgehead atoms. The fraction of sp³-hybridized carbons (Fsp3) is 0.129. The number of nitrogens with zero attached hydrogens (tertiary/aromatic N) is 3. The van der Waals surface area contributed by atoms with Crippen molar-refractivity contribution in [2.75, 3.05) is 0 Å². The lowest BCUT2D eigenvalue weighted by molar-refractivity contribution is 0.543. The molecule has 0 aliphatic carbocycles. The standard InChI is InChI=1S/C31H27N3/c1-31(2,3)30-33-28(24-13-8-5-9-14-24)32-29(34-30)25-19-17-23(18-20-25)27-16-10-15-26(21-27)22-11-6-4-7-12-22/h4-21H,1-3H3. The zero-order valence-corrected chi connectivity index (χ0v) is 19.7. The second kappa shape index (κ2) is 9.03. The van der Waals surface area contributed by atoms with Gasteiger partial charge in [-0.15, -0.1) is 0 Å². The lowest BCUT2D eigenvalue weighted by Crippen LogP contribution is -2.18. The minimum atomic E-state index is -0.182. The highest BCUT2D eigenvalue weighted by atomic mass is 15.0. The van der Waals surface area contributed by atoms with Gasteiger partial charge in [-0.05, 0) is 28.3 Å². The van der Waals surface area contributed by atoms with Crippen LogP contribution in [0.3, 0.4) is 0 Å². The highest BCUT2D eigenvalue weighted by molar-refractivity contribution is 5.74. The highest BCUT2D eigenvalue weighted by Crippen LogP contribution is 2.29. The molecule has 3 heteroatoms. The highest BCUT2D eigenvalue weighted by Gasteiger charge is 2.21. The normalized spacial score (nSPS) is 11.4. The van der Waals surface area contributed by atoms with Crippen molar-refractivity contribution in [3.05, 3.63) is 115 Å². The first-order chi connectivity index (χ1) is 16.5. The minimum absolute atomic E-state index is 0.182. The average molecular weight is 442 g/mol. The second-order valence-corrected chi connectivity index (χ2v) is 9.45. The Balaban J connectivity index is 1.52. The molecule has 0 radical (unpaired) electrons. The molecule has 5 rings (SSSR count). The summed E-state index contributed by atoms with van der Waals surface area (Å²) >= 11 is 0. The Morgan fingerprint density at radius 3 is 1.35 bits per heavy atom. The molecule has 0 saturated heterocycles. The Morgan fingerprint density at radius 2 is 0.824 bits per heavy atom. The third-order valence-electron chi connectivity index (χ3n) is 5.78. The van der Waals surface area contributed by atoms with Crippen molar-refractivity contribution in [1.29, 1.82) is 0 Å². The number of aromatic nitrogens is 3. The van der Waals surface area contributed by atoms with Crippen molar-refractivity contribution in [3.8, 4) is 45.0 Å². The van der Waals surface area contributed by atoms with Crippen LogP contribution in [-0.2, 0) is 5.41 Å².